The summed E-state index contributed by atoms with van der Waals surface area (Å²) in [5.41, 5.74) is 2.93. The number of aromatic nitrogens is 1. The molecule has 1 aromatic heterocycles. The van der Waals surface area contributed by atoms with Crippen LogP contribution in [-0.2, 0) is 23.0 Å². The number of hydrogen-bond donors (Lipinski definition) is 4. The molecule has 4 rings (SSSR count). The van der Waals surface area contributed by atoms with Crippen molar-refractivity contribution in [2.75, 3.05) is 24.1 Å². The smallest absolute Gasteiger partial charge is 0.352 e. The van der Waals surface area contributed by atoms with E-state index in [1.807, 2.05) is 55.5 Å². The standard InChI is InChI=1S/C29H33N3O6S/c1-20(30-17-24(33)19-38-25-9-4-3-5-10-25)14-21-12-13-27-23(15-21)16-28(29(34)35)32(27)18-22-8-6-7-11-26(22)31-39(2,36)37/h3-13,15-16,20,24,30-31,33H,14,17-19H2,1-2H3,(H,34,35)/t20?,24-/m1/s1. The van der Waals surface area contributed by atoms with E-state index in [1.54, 1.807) is 34.9 Å². The predicted molar refractivity (Wildman–Crippen MR) is 152 cm³/mol. The van der Waals surface area contributed by atoms with Gasteiger partial charge in [0.25, 0.3) is 0 Å². The number of nitrogens with zero attached hydrogens (tertiary/aromatic N) is 1. The van der Waals surface area contributed by atoms with Crippen LogP contribution in [0.4, 0.5) is 5.69 Å². The maximum Gasteiger partial charge on any atom is 0.352 e. The van der Waals surface area contributed by atoms with Gasteiger partial charge < -0.3 is 24.8 Å². The SMILES string of the molecule is CC(Cc1ccc2c(c1)cc(C(=O)O)n2Cc1ccccc1NS(C)(=O)=O)NC[C@@H](O)COc1ccccc1. The summed E-state index contributed by atoms with van der Waals surface area (Å²) in [6, 6.07) is 23.8. The largest absolute Gasteiger partial charge is 0.491 e. The lowest BCUT2D eigenvalue weighted by molar-refractivity contribution is 0.0686. The summed E-state index contributed by atoms with van der Waals surface area (Å²) in [5.74, 6) is -0.358. The fourth-order valence-electron chi connectivity index (χ4n) is 4.45. The van der Waals surface area contributed by atoms with Crippen LogP contribution in [0.2, 0.25) is 0 Å². The van der Waals surface area contributed by atoms with Crippen molar-refractivity contribution in [1.82, 2.24) is 9.88 Å². The summed E-state index contributed by atoms with van der Waals surface area (Å²) in [5, 5.41) is 24.3. The molecule has 4 N–H and O–H groups in total. The Labute approximate surface area is 228 Å². The fraction of sp³-hybridized carbons (Fsp3) is 0.276. The summed E-state index contributed by atoms with van der Waals surface area (Å²) in [6.07, 6.45) is 1.09. The number of aromatic carboxylic acids is 1. The van der Waals surface area contributed by atoms with Gasteiger partial charge in [0.15, 0.2) is 0 Å². The number of rotatable bonds is 13. The second-order valence-corrected chi connectivity index (χ2v) is 11.4. The Balaban J connectivity index is 1.44. The van der Waals surface area contributed by atoms with Crippen LogP contribution in [-0.4, -0.2) is 60.7 Å². The summed E-state index contributed by atoms with van der Waals surface area (Å²) < 4.78 is 33.4. The van der Waals surface area contributed by atoms with Gasteiger partial charge >= 0.3 is 5.97 Å². The number of para-hydroxylation sites is 2. The molecule has 10 heteroatoms. The van der Waals surface area contributed by atoms with Crippen molar-refractivity contribution in [2.24, 2.45) is 0 Å². The third kappa shape index (κ3) is 7.82. The average molecular weight is 552 g/mol. The van der Waals surface area contributed by atoms with Crippen molar-refractivity contribution in [3.05, 3.63) is 95.7 Å². The highest BCUT2D eigenvalue weighted by atomic mass is 32.2. The van der Waals surface area contributed by atoms with Crippen LogP contribution in [0.3, 0.4) is 0 Å². The topological polar surface area (TPSA) is 130 Å². The lowest BCUT2D eigenvalue weighted by Gasteiger charge is -2.18. The molecule has 0 aliphatic heterocycles. The molecule has 1 unspecified atom stereocenters. The molecule has 206 valence electrons. The fourth-order valence-corrected chi connectivity index (χ4v) is 5.05. The van der Waals surface area contributed by atoms with E-state index in [-0.39, 0.29) is 24.9 Å². The van der Waals surface area contributed by atoms with Crippen molar-refractivity contribution in [2.45, 2.75) is 32.0 Å². The van der Waals surface area contributed by atoms with Crippen LogP contribution in [0.15, 0.2) is 78.9 Å². The second kappa shape index (κ2) is 12.3. The lowest BCUT2D eigenvalue weighted by atomic mass is 10.0. The van der Waals surface area contributed by atoms with E-state index in [4.69, 9.17) is 4.74 Å². The second-order valence-electron chi connectivity index (χ2n) is 9.64. The van der Waals surface area contributed by atoms with Gasteiger partial charge in [-0.3, -0.25) is 4.72 Å². The minimum Gasteiger partial charge on any atom is -0.491 e. The Bertz CT molecular complexity index is 1540. The molecule has 1 heterocycles. The van der Waals surface area contributed by atoms with Crippen molar-refractivity contribution in [3.63, 3.8) is 0 Å². The maximum atomic E-state index is 12.1. The van der Waals surface area contributed by atoms with Gasteiger partial charge in [0.05, 0.1) is 18.5 Å². The number of aliphatic hydroxyl groups is 1. The molecule has 0 amide bonds. The molecule has 9 nitrogen and oxygen atoms in total. The van der Waals surface area contributed by atoms with Crippen LogP contribution in [0.25, 0.3) is 10.9 Å². The Morgan fingerprint density at radius 1 is 1.03 bits per heavy atom. The Hall–Kier alpha value is -3.86. The third-order valence-corrected chi connectivity index (χ3v) is 6.85. The summed E-state index contributed by atoms with van der Waals surface area (Å²) in [6.45, 7) is 2.76. The average Bonchev–Trinajstić information content (AvgIpc) is 3.25. The quantitative estimate of drug-likeness (QED) is 0.199. The zero-order valence-corrected chi connectivity index (χ0v) is 22.7. The highest BCUT2D eigenvalue weighted by Gasteiger charge is 2.18. The minimum atomic E-state index is -3.50. The number of fused-ring (bicyclic) bond motifs is 1. The monoisotopic (exact) mass is 551 g/mol. The summed E-state index contributed by atoms with van der Waals surface area (Å²) >= 11 is 0. The Morgan fingerprint density at radius 3 is 2.46 bits per heavy atom. The molecule has 0 radical (unpaired) electrons. The molecule has 0 fully saturated rings. The van der Waals surface area contributed by atoms with E-state index < -0.39 is 22.1 Å². The van der Waals surface area contributed by atoms with Gasteiger partial charge in [0.2, 0.25) is 10.0 Å². The van der Waals surface area contributed by atoms with Crippen molar-refractivity contribution in [3.8, 4) is 5.75 Å². The molecule has 0 saturated heterocycles. The van der Waals surface area contributed by atoms with E-state index in [9.17, 15) is 23.4 Å². The lowest BCUT2D eigenvalue weighted by Crippen LogP contribution is -2.37. The number of carboxylic acids is 1. The van der Waals surface area contributed by atoms with Gasteiger partial charge in [-0.25, -0.2) is 13.2 Å². The first-order chi connectivity index (χ1) is 18.6. The molecule has 39 heavy (non-hydrogen) atoms. The zero-order chi connectivity index (χ0) is 28.0. The molecule has 0 aliphatic rings. The third-order valence-electron chi connectivity index (χ3n) is 6.26. The van der Waals surface area contributed by atoms with Gasteiger partial charge in [0.1, 0.15) is 24.2 Å². The number of hydrogen-bond acceptors (Lipinski definition) is 6. The maximum absolute atomic E-state index is 12.1. The van der Waals surface area contributed by atoms with Crippen molar-refractivity contribution >= 4 is 32.6 Å². The first-order valence-corrected chi connectivity index (χ1v) is 14.5. The van der Waals surface area contributed by atoms with Gasteiger partial charge in [-0.2, -0.15) is 0 Å². The van der Waals surface area contributed by atoms with Gasteiger partial charge in [-0.1, -0.05) is 42.5 Å². The van der Waals surface area contributed by atoms with Crippen LogP contribution in [0.1, 0.15) is 28.5 Å². The van der Waals surface area contributed by atoms with E-state index in [0.29, 0.717) is 30.0 Å². The number of carboxylic acid groups (broad SMARTS) is 1. The Kier molecular flexibility index (Phi) is 8.90. The van der Waals surface area contributed by atoms with E-state index >= 15 is 0 Å². The molecule has 0 saturated carbocycles. The molecular formula is C29H33N3O6S. The highest BCUT2D eigenvalue weighted by Crippen LogP contribution is 2.26. The van der Waals surface area contributed by atoms with Crippen LogP contribution >= 0.6 is 0 Å². The highest BCUT2D eigenvalue weighted by molar-refractivity contribution is 7.92. The van der Waals surface area contributed by atoms with E-state index in [2.05, 4.69) is 10.0 Å². The molecule has 0 bridgehead atoms. The van der Waals surface area contributed by atoms with Crippen LogP contribution in [0.5, 0.6) is 5.75 Å². The number of aliphatic hydroxyl groups excluding tert-OH is 1. The summed E-state index contributed by atoms with van der Waals surface area (Å²) in [7, 11) is -3.50. The number of benzene rings is 3. The molecule has 2 atom stereocenters. The van der Waals surface area contributed by atoms with Gasteiger partial charge in [0, 0.05) is 23.5 Å². The van der Waals surface area contributed by atoms with Crippen molar-refractivity contribution in [1.29, 1.82) is 0 Å². The Morgan fingerprint density at radius 2 is 1.74 bits per heavy atom. The predicted octanol–water partition coefficient (Wildman–Crippen LogP) is 3.72. The molecule has 3 aromatic carbocycles. The number of sulfonamides is 1. The number of ether oxygens (including phenoxy) is 1. The van der Waals surface area contributed by atoms with Crippen molar-refractivity contribution < 1.29 is 28.2 Å². The zero-order valence-electron chi connectivity index (χ0n) is 21.9. The summed E-state index contributed by atoms with van der Waals surface area (Å²) in [4.78, 5) is 12.1. The van der Waals surface area contributed by atoms with Crippen LogP contribution in [0, 0.1) is 0 Å². The molecule has 0 aliphatic carbocycles. The van der Waals surface area contributed by atoms with E-state index in [1.165, 1.54) is 0 Å². The molecule has 0 spiro atoms. The van der Waals surface area contributed by atoms with Gasteiger partial charge in [-0.15, -0.1) is 0 Å². The number of anilines is 1. The normalized spacial score (nSPS) is 13.2. The first kappa shape index (κ1) is 28.2. The number of nitrogens with one attached hydrogen (secondary N) is 2. The van der Waals surface area contributed by atoms with E-state index in [0.717, 1.165) is 22.7 Å². The van der Waals surface area contributed by atoms with Crippen LogP contribution < -0.4 is 14.8 Å². The number of carbonyl (C=O) groups is 1. The first-order valence-electron chi connectivity index (χ1n) is 12.6. The molecular weight excluding hydrogens is 518 g/mol. The van der Waals surface area contributed by atoms with Gasteiger partial charge in [-0.05, 0) is 60.9 Å². The minimum absolute atomic E-state index is 0.0591. The molecule has 4 aromatic rings.